The Hall–Kier alpha value is -2.19. The Labute approximate surface area is 100 Å². The molecule has 0 bridgehead atoms. The molecule has 0 atom stereocenters. The molecule has 17 heavy (non-hydrogen) atoms. The van der Waals surface area contributed by atoms with Gasteiger partial charge in [-0.1, -0.05) is 0 Å². The van der Waals surface area contributed by atoms with Crippen LogP contribution in [0.3, 0.4) is 0 Å². The van der Waals surface area contributed by atoms with Gasteiger partial charge in [-0.2, -0.15) is 5.26 Å². The van der Waals surface area contributed by atoms with Gasteiger partial charge in [0.25, 0.3) is 0 Å². The molecule has 0 radical (unpaired) electrons. The first-order valence-corrected chi connectivity index (χ1v) is 5.46. The number of nitriles is 1. The van der Waals surface area contributed by atoms with Gasteiger partial charge >= 0.3 is 5.97 Å². The van der Waals surface area contributed by atoms with Gasteiger partial charge in [0.15, 0.2) is 0 Å². The lowest BCUT2D eigenvalue weighted by Gasteiger charge is -2.01. The molecule has 2 rings (SSSR count). The van der Waals surface area contributed by atoms with Crippen molar-refractivity contribution in [2.45, 2.75) is 0 Å². The van der Waals surface area contributed by atoms with Gasteiger partial charge in [-0.15, -0.1) is 11.3 Å². The molecular formula is C12H6FNO2S. The summed E-state index contributed by atoms with van der Waals surface area (Å²) in [5.74, 6) is -1.77. The Bertz CT molecular complexity index is 628. The highest BCUT2D eigenvalue weighted by atomic mass is 32.1. The average Bonchev–Trinajstić information content (AvgIpc) is 2.77. The number of thiophene rings is 1. The summed E-state index contributed by atoms with van der Waals surface area (Å²) in [6, 6.07) is 8.93. The van der Waals surface area contributed by atoms with Crippen LogP contribution in [0.15, 0.2) is 30.3 Å². The fourth-order valence-corrected chi connectivity index (χ4v) is 2.22. The van der Waals surface area contributed by atoms with E-state index in [2.05, 4.69) is 0 Å². The molecule has 0 aliphatic rings. The van der Waals surface area contributed by atoms with Crippen molar-refractivity contribution < 1.29 is 14.3 Å². The van der Waals surface area contributed by atoms with E-state index in [0.717, 1.165) is 6.07 Å². The second kappa shape index (κ2) is 4.36. The molecule has 1 heterocycles. The maximum atomic E-state index is 13.7. The summed E-state index contributed by atoms with van der Waals surface area (Å²) in [4.78, 5) is 11.7. The maximum absolute atomic E-state index is 13.7. The molecule has 0 aliphatic carbocycles. The van der Waals surface area contributed by atoms with Crippen molar-refractivity contribution in [1.82, 2.24) is 0 Å². The molecular weight excluding hydrogens is 241 g/mol. The smallest absolute Gasteiger partial charge is 0.335 e. The van der Waals surface area contributed by atoms with E-state index in [4.69, 9.17) is 10.4 Å². The van der Waals surface area contributed by atoms with Gasteiger partial charge in [-0.3, -0.25) is 0 Å². The highest BCUT2D eigenvalue weighted by molar-refractivity contribution is 7.16. The normalized spacial score (nSPS) is 9.88. The van der Waals surface area contributed by atoms with E-state index in [1.165, 1.54) is 23.5 Å². The Morgan fingerprint density at radius 1 is 1.35 bits per heavy atom. The first kappa shape index (κ1) is 11.3. The number of carbonyl (C=O) groups is 1. The van der Waals surface area contributed by atoms with E-state index < -0.39 is 11.8 Å². The minimum absolute atomic E-state index is 0.0942. The first-order chi connectivity index (χ1) is 8.11. The van der Waals surface area contributed by atoms with Gasteiger partial charge in [0, 0.05) is 10.4 Å². The number of hydrogen-bond acceptors (Lipinski definition) is 3. The van der Waals surface area contributed by atoms with Crippen molar-refractivity contribution in [3.05, 3.63) is 46.6 Å². The number of carboxylic acid groups (broad SMARTS) is 1. The standard InChI is InChI=1S/C12H6FNO2S/c13-10-5-7(12(15)16)1-3-9(10)11-4-2-8(6-14)17-11/h1-5H,(H,15,16). The van der Waals surface area contributed by atoms with Gasteiger partial charge in [0.1, 0.15) is 16.8 Å². The van der Waals surface area contributed by atoms with Crippen molar-refractivity contribution in [2.24, 2.45) is 0 Å². The number of aromatic carboxylic acids is 1. The maximum Gasteiger partial charge on any atom is 0.335 e. The largest absolute Gasteiger partial charge is 0.478 e. The SMILES string of the molecule is N#Cc1ccc(-c2ccc(C(=O)O)cc2F)s1. The predicted molar refractivity (Wildman–Crippen MR) is 61.4 cm³/mol. The zero-order valence-corrected chi connectivity index (χ0v) is 9.29. The number of rotatable bonds is 2. The third-order valence-corrected chi connectivity index (χ3v) is 3.22. The fourth-order valence-electron chi connectivity index (χ4n) is 1.39. The average molecular weight is 247 g/mol. The number of nitrogens with zero attached hydrogens (tertiary/aromatic N) is 1. The lowest BCUT2D eigenvalue weighted by atomic mass is 10.1. The molecule has 0 amide bonds. The van der Waals surface area contributed by atoms with Crippen molar-refractivity contribution in [3.8, 4) is 16.5 Å². The van der Waals surface area contributed by atoms with E-state index >= 15 is 0 Å². The van der Waals surface area contributed by atoms with Crippen molar-refractivity contribution in [3.63, 3.8) is 0 Å². The zero-order chi connectivity index (χ0) is 12.4. The molecule has 0 aliphatic heterocycles. The third kappa shape index (κ3) is 2.17. The predicted octanol–water partition coefficient (Wildman–Crippen LogP) is 3.12. The van der Waals surface area contributed by atoms with Crippen LogP contribution in [-0.2, 0) is 0 Å². The molecule has 0 unspecified atom stereocenters. The molecule has 1 N–H and O–H groups in total. The Morgan fingerprint density at radius 3 is 2.65 bits per heavy atom. The van der Waals surface area contributed by atoms with Crippen LogP contribution in [0.4, 0.5) is 4.39 Å². The van der Waals surface area contributed by atoms with Gasteiger partial charge in [0.05, 0.1) is 5.56 Å². The van der Waals surface area contributed by atoms with Crippen LogP contribution in [0, 0.1) is 17.1 Å². The summed E-state index contributed by atoms with van der Waals surface area (Å²) in [5.41, 5.74) is 0.213. The minimum Gasteiger partial charge on any atom is -0.478 e. The highest BCUT2D eigenvalue weighted by Gasteiger charge is 2.11. The van der Waals surface area contributed by atoms with Crippen LogP contribution in [-0.4, -0.2) is 11.1 Å². The summed E-state index contributed by atoms with van der Waals surface area (Å²) >= 11 is 1.17. The van der Waals surface area contributed by atoms with E-state index in [1.807, 2.05) is 6.07 Å². The second-order valence-corrected chi connectivity index (χ2v) is 4.36. The Morgan fingerprint density at radius 2 is 2.12 bits per heavy atom. The number of halogens is 1. The third-order valence-electron chi connectivity index (χ3n) is 2.20. The molecule has 2 aromatic rings. The van der Waals surface area contributed by atoms with Crippen LogP contribution >= 0.6 is 11.3 Å². The molecule has 5 heteroatoms. The number of carboxylic acids is 1. The number of hydrogen-bond donors (Lipinski definition) is 1. The second-order valence-electron chi connectivity index (χ2n) is 3.28. The molecule has 1 aromatic carbocycles. The van der Waals surface area contributed by atoms with Crippen molar-refractivity contribution in [1.29, 1.82) is 5.26 Å². The first-order valence-electron chi connectivity index (χ1n) is 4.65. The topological polar surface area (TPSA) is 61.1 Å². The lowest BCUT2D eigenvalue weighted by Crippen LogP contribution is -1.97. The molecule has 0 fully saturated rings. The number of benzene rings is 1. The monoisotopic (exact) mass is 247 g/mol. The van der Waals surface area contributed by atoms with Crippen molar-refractivity contribution in [2.75, 3.05) is 0 Å². The summed E-state index contributed by atoms with van der Waals surface area (Å²) in [5, 5.41) is 17.4. The van der Waals surface area contributed by atoms with Gasteiger partial charge in [-0.25, -0.2) is 9.18 Å². The molecule has 0 spiro atoms. The van der Waals surface area contributed by atoms with Gasteiger partial charge in [0.2, 0.25) is 0 Å². The highest BCUT2D eigenvalue weighted by Crippen LogP contribution is 2.30. The van der Waals surface area contributed by atoms with Gasteiger partial charge < -0.3 is 5.11 Å². The van der Waals surface area contributed by atoms with Crippen molar-refractivity contribution >= 4 is 17.3 Å². The summed E-state index contributed by atoms with van der Waals surface area (Å²) in [7, 11) is 0. The van der Waals surface area contributed by atoms with Crippen LogP contribution in [0.1, 0.15) is 15.2 Å². The Balaban J connectivity index is 2.47. The fraction of sp³-hybridized carbons (Fsp3) is 0. The summed E-state index contributed by atoms with van der Waals surface area (Å²) in [6.45, 7) is 0. The molecule has 3 nitrogen and oxygen atoms in total. The van der Waals surface area contributed by atoms with E-state index in [0.29, 0.717) is 15.3 Å². The lowest BCUT2D eigenvalue weighted by molar-refractivity contribution is 0.0696. The quantitative estimate of drug-likeness (QED) is 0.886. The van der Waals surface area contributed by atoms with E-state index in [1.54, 1.807) is 12.1 Å². The van der Waals surface area contributed by atoms with E-state index in [9.17, 15) is 9.18 Å². The Kier molecular flexibility index (Phi) is 2.90. The van der Waals surface area contributed by atoms with Crippen LogP contribution < -0.4 is 0 Å². The molecule has 84 valence electrons. The molecule has 1 aromatic heterocycles. The molecule has 0 saturated heterocycles. The minimum atomic E-state index is -1.17. The summed E-state index contributed by atoms with van der Waals surface area (Å²) < 4.78 is 13.7. The van der Waals surface area contributed by atoms with Gasteiger partial charge in [-0.05, 0) is 30.3 Å². The van der Waals surface area contributed by atoms with Crippen LogP contribution in [0.2, 0.25) is 0 Å². The molecule has 0 saturated carbocycles. The van der Waals surface area contributed by atoms with Crippen LogP contribution in [0.25, 0.3) is 10.4 Å². The summed E-state index contributed by atoms with van der Waals surface area (Å²) in [6.07, 6.45) is 0. The van der Waals surface area contributed by atoms with Crippen LogP contribution in [0.5, 0.6) is 0 Å². The van der Waals surface area contributed by atoms with E-state index in [-0.39, 0.29) is 5.56 Å². The zero-order valence-electron chi connectivity index (χ0n) is 8.48.